The third-order valence-electron chi connectivity index (χ3n) is 3.40. The van der Waals surface area contributed by atoms with Crippen LogP contribution in [0.4, 0.5) is 0 Å². The van der Waals surface area contributed by atoms with Gasteiger partial charge in [0.15, 0.2) is 17.3 Å². The van der Waals surface area contributed by atoms with Crippen molar-refractivity contribution in [2.45, 2.75) is 19.3 Å². The molecule has 1 amide bonds. The van der Waals surface area contributed by atoms with Crippen LogP contribution < -0.4 is 15.9 Å². The summed E-state index contributed by atoms with van der Waals surface area (Å²) in [6, 6.07) is 5.61. The number of hydrogen-bond donors (Lipinski definition) is 3. The van der Waals surface area contributed by atoms with Crippen LogP contribution in [0, 0.1) is 6.92 Å². The molecular weight excluding hydrogens is 302 g/mol. The summed E-state index contributed by atoms with van der Waals surface area (Å²) in [6.45, 7) is 1.55. The summed E-state index contributed by atoms with van der Waals surface area (Å²) in [4.78, 5) is 23.1. The van der Waals surface area contributed by atoms with Gasteiger partial charge in [-0.15, -0.1) is 0 Å². The van der Waals surface area contributed by atoms with E-state index in [2.05, 4.69) is 0 Å². The Morgan fingerprint density at radius 2 is 2.04 bits per heavy atom. The highest BCUT2D eigenvalue weighted by Crippen LogP contribution is 2.36. The fraction of sp³-hybridized carbons (Fsp3) is 0.250. The number of rotatable bonds is 5. The van der Waals surface area contributed by atoms with Gasteiger partial charge in [-0.3, -0.25) is 9.59 Å². The number of phenols is 1. The molecule has 23 heavy (non-hydrogen) atoms. The Bertz CT molecular complexity index is 796. The molecule has 1 heterocycles. The largest absolute Gasteiger partial charge is 0.504 e. The quantitative estimate of drug-likeness (QED) is 0.765. The van der Waals surface area contributed by atoms with Crippen LogP contribution >= 0.6 is 0 Å². The summed E-state index contributed by atoms with van der Waals surface area (Å²) in [5, 5.41) is 19.9. The topological polar surface area (TPSA) is 123 Å². The van der Waals surface area contributed by atoms with Crippen molar-refractivity contribution in [3.05, 3.63) is 51.6 Å². The maximum absolute atomic E-state index is 11.8. The van der Waals surface area contributed by atoms with E-state index in [-0.39, 0.29) is 29.4 Å². The molecule has 122 valence electrons. The summed E-state index contributed by atoms with van der Waals surface area (Å²) < 4.78 is 10.4. The Morgan fingerprint density at radius 1 is 1.35 bits per heavy atom. The van der Waals surface area contributed by atoms with Crippen LogP contribution in [0.25, 0.3) is 0 Å². The van der Waals surface area contributed by atoms with Crippen LogP contribution in [-0.2, 0) is 4.79 Å². The molecule has 1 aromatic heterocycles. The molecule has 0 fully saturated rings. The van der Waals surface area contributed by atoms with Crippen LogP contribution in [0.5, 0.6) is 17.2 Å². The van der Waals surface area contributed by atoms with Gasteiger partial charge in [0.2, 0.25) is 17.1 Å². The van der Waals surface area contributed by atoms with Gasteiger partial charge in [-0.2, -0.15) is 0 Å². The lowest BCUT2D eigenvalue weighted by Gasteiger charge is -2.17. The van der Waals surface area contributed by atoms with E-state index in [0.29, 0.717) is 5.56 Å². The standard InChI is InChI=1S/C16H17NO6/c1-8-5-12(19)15(21)16(23-8)10(7-14(17)20)9-3-4-13(22-2)11(18)6-9/h3-6,10,18,21H,7H2,1-2H3,(H2,17,20)/t10-/m0/s1. The fourth-order valence-electron chi connectivity index (χ4n) is 2.35. The summed E-state index contributed by atoms with van der Waals surface area (Å²) in [6.07, 6.45) is -0.203. The third kappa shape index (κ3) is 3.45. The van der Waals surface area contributed by atoms with E-state index < -0.39 is 23.0 Å². The van der Waals surface area contributed by atoms with Gasteiger partial charge in [0, 0.05) is 12.5 Å². The van der Waals surface area contributed by atoms with Crippen molar-refractivity contribution in [1.29, 1.82) is 0 Å². The molecular formula is C16H17NO6. The first-order valence-electron chi connectivity index (χ1n) is 6.82. The monoisotopic (exact) mass is 319 g/mol. The number of carbonyl (C=O) groups excluding carboxylic acids is 1. The van der Waals surface area contributed by atoms with Crippen LogP contribution in [-0.4, -0.2) is 23.2 Å². The zero-order valence-corrected chi connectivity index (χ0v) is 12.7. The van der Waals surface area contributed by atoms with E-state index in [1.807, 2.05) is 0 Å². The predicted molar refractivity (Wildman–Crippen MR) is 81.7 cm³/mol. The van der Waals surface area contributed by atoms with Crippen LogP contribution in [0.15, 0.2) is 33.5 Å². The molecule has 2 rings (SSSR count). The number of hydrogen-bond acceptors (Lipinski definition) is 6. The summed E-state index contributed by atoms with van der Waals surface area (Å²) in [7, 11) is 1.40. The number of nitrogens with two attached hydrogens (primary N) is 1. The Balaban J connectivity index is 2.60. The molecule has 0 aliphatic rings. The predicted octanol–water partition coefficient (Wildman–Crippen LogP) is 1.38. The number of methoxy groups -OCH3 is 1. The van der Waals surface area contributed by atoms with Crippen molar-refractivity contribution < 1.29 is 24.2 Å². The van der Waals surface area contributed by atoms with Crippen LogP contribution in [0.3, 0.4) is 0 Å². The van der Waals surface area contributed by atoms with E-state index in [4.69, 9.17) is 14.9 Å². The zero-order chi connectivity index (χ0) is 17.1. The van der Waals surface area contributed by atoms with Crippen molar-refractivity contribution in [3.8, 4) is 17.2 Å². The van der Waals surface area contributed by atoms with E-state index in [1.165, 1.54) is 19.2 Å². The van der Waals surface area contributed by atoms with Gasteiger partial charge in [0.1, 0.15) is 5.76 Å². The number of phenolic OH excluding ortho intramolecular Hbond substituents is 1. The highest BCUT2D eigenvalue weighted by Gasteiger charge is 2.25. The SMILES string of the molecule is COc1ccc([C@H](CC(N)=O)c2oc(C)cc(=O)c2O)cc1O. The zero-order valence-electron chi connectivity index (χ0n) is 12.7. The molecule has 1 atom stereocenters. The summed E-state index contributed by atoms with van der Waals surface area (Å²) in [5.41, 5.74) is 5.10. The maximum Gasteiger partial charge on any atom is 0.227 e. The smallest absolute Gasteiger partial charge is 0.227 e. The van der Waals surface area contributed by atoms with E-state index in [1.54, 1.807) is 13.0 Å². The molecule has 0 aliphatic carbocycles. The van der Waals surface area contributed by atoms with Gasteiger partial charge in [-0.1, -0.05) is 6.07 Å². The van der Waals surface area contributed by atoms with Gasteiger partial charge in [0.05, 0.1) is 13.0 Å². The summed E-state index contributed by atoms with van der Waals surface area (Å²) in [5.74, 6) is -1.72. The Hall–Kier alpha value is -2.96. The minimum atomic E-state index is -0.808. The lowest BCUT2D eigenvalue weighted by Crippen LogP contribution is -2.17. The molecule has 0 unspecified atom stereocenters. The van der Waals surface area contributed by atoms with E-state index >= 15 is 0 Å². The Labute approximate surface area is 131 Å². The minimum absolute atomic E-state index is 0.0710. The molecule has 0 saturated heterocycles. The molecule has 0 aliphatic heterocycles. The van der Waals surface area contributed by atoms with Crippen molar-refractivity contribution in [1.82, 2.24) is 0 Å². The first kappa shape index (κ1) is 16.4. The first-order chi connectivity index (χ1) is 10.8. The lowest BCUT2D eigenvalue weighted by molar-refractivity contribution is -0.118. The van der Waals surface area contributed by atoms with Crippen molar-refractivity contribution in [2.75, 3.05) is 7.11 Å². The number of ether oxygens (including phenoxy) is 1. The molecule has 7 heteroatoms. The van der Waals surface area contributed by atoms with Gasteiger partial charge >= 0.3 is 0 Å². The fourth-order valence-corrected chi connectivity index (χ4v) is 2.35. The average molecular weight is 319 g/mol. The van der Waals surface area contributed by atoms with Crippen molar-refractivity contribution >= 4 is 5.91 Å². The Morgan fingerprint density at radius 3 is 2.61 bits per heavy atom. The molecule has 0 bridgehead atoms. The number of benzene rings is 1. The molecule has 4 N–H and O–H groups in total. The molecule has 7 nitrogen and oxygen atoms in total. The second kappa shape index (κ2) is 6.43. The number of aromatic hydroxyl groups is 2. The van der Waals surface area contributed by atoms with Gasteiger partial charge < -0.3 is 25.1 Å². The third-order valence-corrected chi connectivity index (χ3v) is 3.40. The number of aryl methyl sites for hydroxylation is 1. The van der Waals surface area contributed by atoms with Gasteiger partial charge in [-0.05, 0) is 24.6 Å². The molecule has 1 aromatic carbocycles. The minimum Gasteiger partial charge on any atom is -0.504 e. The molecule has 0 radical (unpaired) electrons. The highest BCUT2D eigenvalue weighted by molar-refractivity contribution is 5.75. The Kier molecular flexibility index (Phi) is 4.59. The normalized spacial score (nSPS) is 11.9. The molecule has 0 spiro atoms. The van der Waals surface area contributed by atoms with Crippen molar-refractivity contribution in [3.63, 3.8) is 0 Å². The second-order valence-electron chi connectivity index (χ2n) is 5.09. The second-order valence-corrected chi connectivity index (χ2v) is 5.09. The van der Waals surface area contributed by atoms with Crippen molar-refractivity contribution in [2.24, 2.45) is 5.73 Å². The summed E-state index contributed by atoms with van der Waals surface area (Å²) >= 11 is 0. The van der Waals surface area contributed by atoms with Gasteiger partial charge in [-0.25, -0.2) is 0 Å². The van der Waals surface area contributed by atoms with E-state index in [9.17, 15) is 19.8 Å². The first-order valence-corrected chi connectivity index (χ1v) is 6.82. The molecule has 2 aromatic rings. The molecule has 0 saturated carbocycles. The number of carbonyl (C=O) groups is 1. The maximum atomic E-state index is 11.8. The van der Waals surface area contributed by atoms with Gasteiger partial charge in [0.25, 0.3) is 0 Å². The van der Waals surface area contributed by atoms with Crippen LogP contribution in [0.1, 0.15) is 29.4 Å². The highest BCUT2D eigenvalue weighted by atomic mass is 16.5. The average Bonchev–Trinajstić information content (AvgIpc) is 2.48. The number of primary amides is 1. The van der Waals surface area contributed by atoms with E-state index in [0.717, 1.165) is 6.07 Å². The number of amides is 1. The van der Waals surface area contributed by atoms with Crippen LogP contribution in [0.2, 0.25) is 0 Å². The lowest BCUT2D eigenvalue weighted by atomic mass is 9.91.